The zero-order valence-electron chi connectivity index (χ0n) is 19.9. The van der Waals surface area contributed by atoms with E-state index in [2.05, 4.69) is 10.6 Å². The van der Waals surface area contributed by atoms with E-state index in [1.807, 2.05) is 0 Å². The Hall–Kier alpha value is -3.27. The second kappa shape index (κ2) is 8.75. The van der Waals surface area contributed by atoms with Crippen LogP contribution in [0.15, 0.2) is 29.1 Å². The first-order chi connectivity index (χ1) is 16.7. The van der Waals surface area contributed by atoms with Gasteiger partial charge >= 0.3 is 11.8 Å². The van der Waals surface area contributed by atoms with Gasteiger partial charge in [0.2, 0.25) is 5.75 Å². The fourth-order valence-electron chi connectivity index (χ4n) is 5.42. The number of rotatable bonds is 5. The summed E-state index contributed by atoms with van der Waals surface area (Å²) in [5.74, 6) is -1.49. The molecule has 9 nitrogen and oxygen atoms in total. The van der Waals surface area contributed by atoms with Crippen LogP contribution in [-0.2, 0) is 28.2 Å². The SMILES string of the molecule is CN(C)C(=O)C(=O)NC12CCC(CC1)Cn1c2nc(C2CC2NCc2ccc(F)cc2)c(O)c1=O. The lowest BCUT2D eigenvalue weighted by molar-refractivity contribution is -0.145. The average Bonchev–Trinajstić information content (AvgIpc) is 3.64. The monoisotopic (exact) mass is 483 g/mol. The molecule has 0 radical (unpaired) electrons. The van der Waals surface area contributed by atoms with Crippen molar-refractivity contribution in [1.29, 1.82) is 0 Å². The summed E-state index contributed by atoms with van der Waals surface area (Å²) in [6, 6.07) is 6.26. The Balaban J connectivity index is 1.43. The van der Waals surface area contributed by atoms with Crippen LogP contribution in [0.5, 0.6) is 5.75 Å². The molecule has 2 amide bonds. The normalized spacial score (nSPS) is 26.5. The molecule has 2 aliphatic heterocycles. The smallest absolute Gasteiger partial charge is 0.311 e. The number of nitrogens with zero attached hydrogens (tertiary/aromatic N) is 3. The summed E-state index contributed by atoms with van der Waals surface area (Å²) < 4.78 is 14.6. The molecule has 3 heterocycles. The molecule has 186 valence electrons. The first-order valence-corrected chi connectivity index (χ1v) is 12.0. The van der Waals surface area contributed by atoms with Crippen molar-refractivity contribution in [2.24, 2.45) is 5.92 Å². The Labute approximate surface area is 202 Å². The summed E-state index contributed by atoms with van der Waals surface area (Å²) in [5, 5.41) is 17.1. The summed E-state index contributed by atoms with van der Waals surface area (Å²) in [6.45, 7) is 0.964. The molecule has 2 saturated carbocycles. The predicted molar refractivity (Wildman–Crippen MR) is 125 cm³/mol. The van der Waals surface area contributed by atoms with Crippen LogP contribution in [0.25, 0.3) is 0 Å². The Kier molecular flexibility index (Phi) is 5.86. The maximum absolute atomic E-state index is 13.3. The molecule has 2 atom stereocenters. The molecule has 2 aromatic rings. The van der Waals surface area contributed by atoms with Crippen molar-refractivity contribution in [3.8, 4) is 5.75 Å². The fraction of sp³-hybridized carbons (Fsp3) is 0.520. The summed E-state index contributed by atoms with van der Waals surface area (Å²) in [7, 11) is 3.03. The fourth-order valence-corrected chi connectivity index (χ4v) is 5.42. The lowest BCUT2D eigenvalue weighted by Gasteiger charge is -2.37. The molecule has 6 rings (SSSR count). The lowest BCUT2D eigenvalue weighted by atomic mass is 9.77. The number of benzene rings is 1. The van der Waals surface area contributed by atoms with Crippen LogP contribution < -0.4 is 16.2 Å². The molecule has 2 aliphatic carbocycles. The van der Waals surface area contributed by atoms with Crippen molar-refractivity contribution in [3.05, 3.63) is 57.5 Å². The van der Waals surface area contributed by atoms with E-state index in [-0.39, 0.29) is 29.4 Å². The van der Waals surface area contributed by atoms with Crippen LogP contribution in [-0.4, -0.2) is 51.5 Å². The standard InChI is InChI=1S/C25H30FN5O4/c1-30(2)23(35)21(33)29-25-9-7-15(8-10-25)13-31-22(34)20(32)19(28-24(25)31)17-11-18(17)27-12-14-3-5-16(26)6-4-14/h3-6,15,17-18,27,32H,7-13H2,1-2H3,(H,29,33). The minimum Gasteiger partial charge on any atom is -0.502 e. The number of halogens is 1. The highest BCUT2D eigenvalue weighted by Gasteiger charge is 2.48. The van der Waals surface area contributed by atoms with E-state index < -0.39 is 22.9 Å². The highest BCUT2D eigenvalue weighted by molar-refractivity contribution is 6.35. The van der Waals surface area contributed by atoms with E-state index in [4.69, 9.17) is 4.98 Å². The van der Waals surface area contributed by atoms with Gasteiger partial charge in [-0.2, -0.15) is 0 Å². The molecule has 0 spiro atoms. The Bertz CT molecular complexity index is 1220. The van der Waals surface area contributed by atoms with Gasteiger partial charge in [0.25, 0.3) is 5.56 Å². The van der Waals surface area contributed by atoms with Crippen LogP contribution >= 0.6 is 0 Å². The Morgan fingerprint density at radius 3 is 2.57 bits per heavy atom. The summed E-state index contributed by atoms with van der Waals surface area (Å²) in [4.78, 5) is 44.3. The van der Waals surface area contributed by atoms with Crippen molar-refractivity contribution >= 4 is 11.8 Å². The van der Waals surface area contributed by atoms with Gasteiger partial charge in [-0.15, -0.1) is 0 Å². The van der Waals surface area contributed by atoms with Crippen LogP contribution in [0.3, 0.4) is 0 Å². The minimum absolute atomic E-state index is 0.0175. The van der Waals surface area contributed by atoms with Gasteiger partial charge in [-0.1, -0.05) is 12.1 Å². The zero-order chi connectivity index (χ0) is 24.9. The third-order valence-corrected chi connectivity index (χ3v) is 7.58. The largest absolute Gasteiger partial charge is 0.502 e. The van der Waals surface area contributed by atoms with E-state index in [9.17, 15) is 23.9 Å². The van der Waals surface area contributed by atoms with Gasteiger partial charge in [0.1, 0.15) is 11.6 Å². The lowest BCUT2D eigenvalue weighted by Crippen LogP contribution is -2.53. The first-order valence-electron chi connectivity index (χ1n) is 12.0. The van der Waals surface area contributed by atoms with Crippen molar-refractivity contribution in [3.63, 3.8) is 0 Å². The minimum atomic E-state index is -0.927. The van der Waals surface area contributed by atoms with Gasteiger partial charge < -0.3 is 20.6 Å². The van der Waals surface area contributed by atoms with E-state index in [0.29, 0.717) is 43.9 Å². The van der Waals surface area contributed by atoms with Gasteiger partial charge in [-0.25, -0.2) is 9.37 Å². The number of aromatic nitrogens is 2. The number of hydrogen-bond acceptors (Lipinski definition) is 6. The summed E-state index contributed by atoms with van der Waals surface area (Å²) in [5.41, 5.74) is -0.166. The molecular weight excluding hydrogens is 453 g/mol. The first kappa shape index (κ1) is 23.5. The molecule has 2 fully saturated rings. The molecule has 2 bridgehead atoms. The Morgan fingerprint density at radius 2 is 1.91 bits per heavy atom. The number of fused-ring (bicyclic) bond motifs is 2. The third-order valence-electron chi connectivity index (χ3n) is 7.58. The van der Waals surface area contributed by atoms with Crippen LogP contribution in [0.1, 0.15) is 55.1 Å². The predicted octanol–water partition coefficient (Wildman–Crippen LogP) is 1.34. The highest BCUT2D eigenvalue weighted by Crippen LogP contribution is 2.46. The molecule has 2 unspecified atom stereocenters. The van der Waals surface area contributed by atoms with Crippen molar-refractivity contribution < 1.29 is 19.1 Å². The van der Waals surface area contributed by atoms with Gasteiger partial charge in [0.05, 0.1) is 11.2 Å². The van der Waals surface area contributed by atoms with Crippen molar-refractivity contribution in [2.45, 2.75) is 62.7 Å². The molecule has 1 aromatic heterocycles. The molecule has 1 aromatic carbocycles. The second-order valence-corrected chi connectivity index (χ2v) is 10.2. The maximum Gasteiger partial charge on any atom is 0.311 e. The van der Waals surface area contributed by atoms with Crippen molar-refractivity contribution in [1.82, 2.24) is 25.1 Å². The number of aromatic hydroxyl groups is 1. The van der Waals surface area contributed by atoms with Crippen molar-refractivity contribution in [2.75, 3.05) is 14.1 Å². The van der Waals surface area contributed by atoms with E-state index in [1.54, 1.807) is 12.1 Å². The number of amides is 2. The van der Waals surface area contributed by atoms with E-state index in [1.165, 1.54) is 35.7 Å². The molecular formula is C25H30FN5O4. The molecule has 4 aliphatic rings. The van der Waals surface area contributed by atoms with Gasteiger partial charge in [0, 0.05) is 39.1 Å². The number of hydrogen-bond donors (Lipinski definition) is 3. The van der Waals surface area contributed by atoms with Crippen LogP contribution in [0.2, 0.25) is 0 Å². The van der Waals surface area contributed by atoms with Gasteiger partial charge in [0.15, 0.2) is 0 Å². The second-order valence-electron chi connectivity index (χ2n) is 10.2. The van der Waals surface area contributed by atoms with E-state index >= 15 is 0 Å². The summed E-state index contributed by atoms with van der Waals surface area (Å²) >= 11 is 0. The Morgan fingerprint density at radius 1 is 1.23 bits per heavy atom. The zero-order valence-corrected chi connectivity index (χ0v) is 19.9. The third kappa shape index (κ3) is 4.31. The summed E-state index contributed by atoms with van der Waals surface area (Å²) in [6.07, 6.45) is 3.45. The van der Waals surface area contributed by atoms with Crippen LogP contribution in [0.4, 0.5) is 4.39 Å². The number of likely N-dealkylation sites (N-methyl/N-ethyl adjacent to an activating group) is 1. The van der Waals surface area contributed by atoms with Gasteiger partial charge in [-0.3, -0.25) is 19.0 Å². The topological polar surface area (TPSA) is 117 Å². The van der Waals surface area contributed by atoms with Crippen LogP contribution in [0, 0.1) is 11.7 Å². The van der Waals surface area contributed by atoms with E-state index in [0.717, 1.165) is 18.4 Å². The molecule has 3 N–H and O–H groups in total. The average molecular weight is 484 g/mol. The van der Waals surface area contributed by atoms with Gasteiger partial charge in [-0.05, 0) is 55.7 Å². The number of carbonyl (C=O) groups excluding carboxylic acids is 2. The quantitative estimate of drug-likeness (QED) is 0.553. The highest BCUT2D eigenvalue weighted by atomic mass is 19.1. The number of carbonyl (C=O) groups is 2. The maximum atomic E-state index is 13.3. The molecule has 10 heteroatoms. The molecule has 0 saturated heterocycles. The number of nitrogens with one attached hydrogen (secondary N) is 2. The molecule has 35 heavy (non-hydrogen) atoms.